The molecule has 1 fully saturated rings. The molecule has 1 saturated heterocycles. The normalized spacial score (nSPS) is 19.2. The zero-order valence-corrected chi connectivity index (χ0v) is 19.2. The van der Waals surface area contributed by atoms with Crippen molar-refractivity contribution in [1.29, 1.82) is 0 Å². The summed E-state index contributed by atoms with van der Waals surface area (Å²) >= 11 is 6.03. The lowest BCUT2D eigenvalue weighted by Crippen LogP contribution is -2.48. The molecule has 0 aliphatic carbocycles. The Balaban J connectivity index is 1.47. The molecule has 3 rings (SSSR count). The first-order chi connectivity index (χ1) is 14.9. The number of halogens is 1. The van der Waals surface area contributed by atoms with E-state index in [9.17, 15) is 4.79 Å². The largest absolute Gasteiger partial charge is 0.372 e. The van der Waals surface area contributed by atoms with Gasteiger partial charge >= 0.3 is 0 Å². The van der Waals surface area contributed by atoms with Crippen LogP contribution in [0.4, 0.5) is 0 Å². The van der Waals surface area contributed by atoms with Crippen LogP contribution >= 0.6 is 11.6 Å². The number of carbonyl (C=O) groups excluding carboxylic acids is 1. The third-order valence-electron chi connectivity index (χ3n) is 5.19. The number of benzene rings is 2. The van der Waals surface area contributed by atoms with Crippen molar-refractivity contribution < 1.29 is 9.53 Å². The van der Waals surface area contributed by atoms with Crippen molar-refractivity contribution in [3.63, 3.8) is 0 Å². The van der Waals surface area contributed by atoms with Crippen LogP contribution in [0, 0.1) is 0 Å². The van der Waals surface area contributed by atoms with Gasteiger partial charge in [-0.1, -0.05) is 35.9 Å². The van der Waals surface area contributed by atoms with Crippen LogP contribution in [-0.2, 0) is 17.7 Å². The molecule has 1 aliphatic heterocycles. The van der Waals surface area contributed by atoms with Gasteiger partial charge in [-0.05, 0) is 55.7 Å². The number of ether oxygens (including phenoxy) is 1. The fourth-order valence-electron chi connectivity index (χ4n) is 3.72. The summed E-state index contributed by atoms with van der Waals surface area (Å²) in [6.45, 7) is 6.63. The molecule has 7 heteroatoms. The Labute approximate surface area is 189 Å². The first kappa shape index (κ1) is 23.1. The van der Waals surface area contributed by atoms with Gasteiger partial charge in [-0.25, -0.2) is 0 Å². The average Bonchev–Trinajstić information content (AvgIpc) is 2.75. The summed E-state index contributed by atoms with van der Waals surface area (Å²) in [4.78, 5) is 18.9. The van der Waals surface area contributed by atoms with E-state index < -0.39 is 0 Å². The van der Waals surface area contributed by atoms with Crippen LogP contribution in [0.15, 0.2) is 53.5 Å². The molecule has 1 aliphatic rings. The van der Waals surface area contributed by atoms with E-state index in [0.29, 0.717) is 25.2 Å². The Kier molecular flexibility index (Phi) is 8.32. The standard InChI is InChI=1S/C24H31ClN4O2/c1-17-15-29(16-18(2)31-17)23(30)21-9-7-20(8-10-21)14-28-24(26-3)27-12-11-19-5-4-6-22(25)13-19/h4-10,13,17-18H,11-12,14-16H2,1-3H3,(H2,26,27,28). The monoisotopic (exact) mass is 442 g/mol. The van der Waals surface area contributed by atoms with E-state index in [1.54, 1.807) is 7.05 Å². The van der Waals surface area contributed by atoms with Crippen molar-refractivity contribution in [3.8, 4) is 0 Å². The summed E-state index contributed by atoms with van der Waals surface area (Å²) in [5.41, 5.74) is 2.96. The molecule has 0 bridgehead atoms. The maximum atomic E-state index is 12.8. The third-order valence-corrected chi connectivity index (χ3v) is 5.42. The predicted molar refractivity (Wildman–Crippen MR) is 126 cm³/mol. The lowest BCUT2D eigenvalue weighted by Gasteiger charge is -2.35. The lowest BCUT2D eigenvalue weighted by atomic mass is 10.1. The van der Waals surface area contributed by atoms with Gasteiger partial charge in [0.2, 0.25) is 0 Å². The van der Waals surface area contributed by atoms with E-state index in [2.05, 4.69) is 21.7 Å². The summed E-state index contributed by atoms with van der Waals surface area (Å²) in [5.74, 6) is 0.790. The molecule has 31 heavy (non-hydrogen) atoms. The number of amides is 1. The molecule has 0 radical (unpaired) electrons. The van der Waals surface area contributed by atoms with Crippen molar-refractivity contribution in [1.82, 2.24) is 15.5 Å². The van der Waals surface area contributed by atoms with Gasteiger partial charge in [0.05, 0.1) is 12.2 Å². The van der Waals surface area contributed by atoms with Crippen molar-refractivity contribution in [2.24, 2.45) is 4.99 Å². The van der Waals surface area contributed by atoms with Crippen LogP contribution < -0.4 is 10.6 Å². The number of rotatable bonds is 6. The molecule has 2 atom stereocenters. The van der Waals surface area contributed by atoms with Gasteiger partial charge in [0, 0.05) is 43.8 Å². The topological polar surface area (TPSA) is 66.0 Å². The summed E-state index contributed by atoms with van der Waals surface area (Å²) in [6, 6.07) is 15.6. The highest BCUT2D eigenvalue weighted by Crippen LogP contribution is 2.15. The minimum atomic E-state index is 0.0556. The Morgan fingerprint density at radius 1 is 1.10 bits per heavy atom. The molecule has 6 nitrogen and oxygen atoms in total. The molecule has 0 saturated carbocycles. The lowest BCUT2D eigenvalue weighted by molar-refractivity contribution is -0.0586. The van der Waals surface area contributed by atoms with Gasteiger partial charge in [0.25, 0.3) is 5.91 Å². The highest BCUT2D eigenvalue weighted by Gasteiger charge is 2.26. The zero-order valence-electron chi connectivity index (χ0n) is 18.4. The molecule has 2 aromatic carbocycles. The maximum absolute atomic E-state index is 12.8. The maximum Gasteiger partial charge on any atom is 0.254 e. The SMILES string of the molecule is CN=C(NCCc1cccc(Cl)c1)NCc1ccc(C(=O)N2CC(C)OC(C)C2)cc1. The zero-order chi connectivity index (χ0) is 22.2. The van der Waals surface area contributed by atoms with Crippen molar-refractivity contribution in [2.75, 3.05) is 26.7 Å². The molecule has 166 valence electrons. The van der Waals surface area contributed by atoms with Crippen molar-refractivity contribution in [2.45, 2.75) is 39.0 Å². The second-order valence-corrected chi connectivity index (χ2v) is 8.33. The van der Waals surface area contributed by atoms with Crippen molar-refractivity contribution in [3.05, 3.63) is 70.2 Å². The first-order valence-electron chi connectivity index (χ1n) is 10.7. The fraction of sp³-hybridized carbons (Fsp3) is 0.417. The Hall–Kier alpha value is -2.57. The quantitative estimate of drug-likeness (QED) is 0.530. The van der Waals surface area contributed by atoms with Crippen LogP contribution in [-0.4, -0.2) is 55.7 Å². The third kappa shape index (κ3) is 6.97. The van der Waals surface area contributed by atoms with E-state index in [0.717, 1.165) is 29.5 Å². The molecule has 0 aromatic heterocycles. The minimum absolute atomic E-state index is 0.0556. The van der Waals surface area contributed by atoms with Crippen LogP contribution in [0.5, 0.6) is 0 Å². The van der Waals surface area contributed by atoms with Crippen molar-refractivity contribution >= 4 is 23.5 Å². The molecule has 2 aromatic rings. The van der Waals surface area contributed by atoms with Gasteiger partial charge in [-0.15, -0.1) is 0 Å². The number of hydrogen-bond donors (Lipinski definition) is 2. The molecule has 1 heterocycles. The van der Waals surface area contributed by atoms with E-state index >= 15 is 0 Å². The van der Waals surface area contributed by atoms with E-state index in [-0.39, 0.29) is 18.1 Å². The van der Waals surface area contributed by atoms with E-state index in [1.165, 1.54) is 5.56 Å². The van der Waals surface area contributed by atoms with Gasteiger partial charge in [0.1, 0.15) is 0 Å². The van der Waals surface area contributed by atoms with Crippen LogP contribution in [0.25, 0.3) is 0 Å². The average molecular weight is 443 g/mol. The van der Waals surface area contributed by atoms with Gasteiger partial charge in [-0.3, -0.25) is 9.79 Å². The van der Waals surface area contributed by atoms with Gasteiger partial charge < -0.3 is 20.3 Å². The molecular formula is C24H31ClN4O2. The first-order valence-corrected chi connectivity index (χ1v) is 11.0. The molecule has 2 unspecified atom stereocenters. The summed E-state index contributed by atoms with van der Waals surface area (Å²) in [7, 11) is 1.75. The number of nitrogens with zero attached hydrogens (tertiary/aromatic N) is 2. The molecule has 2 N–H and O–H groups in total. The number of guanidine groups is 1. The number of morpholine rings is 1. The summed E-state index contributed by atoms with van der Waals surface area (Å²) < 4.78 is 5.72. The van der Waals surface area contributed by atoms with Gasteiger partial charge in [-0.2, -0.15) is 0 Å². The Morgan fingerprint density at radius 2 is 1.81 bits per heavy atom. The smallest absolute Gasteiger partial charge is 0.254 e. The van der Waals surface area contributed by atoms with Gasteiger partial charge in [0.15, 0.2) is 5.96 Å². The minimum Gasteiger partial charge on any atom is -0.372 e. The second kappa shape index (κ2) is 11.2. The van der Waals surface area contributed by atoms with E-state index in [1.807, 2.05) is 61.2 Å². The van der Waals surface area contributed by atoms with Crippen LogP contribution in [0.3, 0.4) is 0 Å². The number of aliphatic imine (C=N–C) groups is 1. The summed E-state index contributed by atoms with van der Waals surface area (Å²) in [6.07, 6.45) is 0.986. The Morgan fingerprint density at radius 3 is 2.45 bits per heavy atom. The Bertz CT molecular complexity index is 891. The number of carbonyl (C=O) groups is 1. The second-order valence-electron chi connectivity index (χ2n) is 7.90. The number of nitrogens with one attached hydrogen (secondary N) is 2. The van der Waals surface area contributed by atoms with Crippen LogP contribution in [0.1, 0.15) is 35.3 Å². The van der Waals surface area contributed by atoms with E-state index in [4.69, 9.17) is 16.3 Å². The highest BCUT2D eigenvalue weighted by molar-refractivity contribution is 6.30. The highest BCUT2D eigenvalue weighted by atomic mass is 35.5. The molecular weight excluding hydrogens is 412 g/mol. The summed E-state index contributed by atoms with van der Waals surface area (Å²) in [5, 5.41) is 7.37. The molecule has 0 spiro atoms. The number of hydrogen-bond acceptors (Lipinski definition) is 3. The fourth-order valence-corrected chi connectivity index (χ4v) is 3.93. The molecule has 1 amide bonds. The van der Waals surface area contributed by atoms with Crippen LogP contribution in [0.2, 0.25) is 5.02 Å². The predicted octanol–water partition coefficient (Wildman–Crippen LogP) is 3.50.